The standard InChI is InChI=1S/C22H23N5O2/c1-4-14-9-15(5-6-18(14)22(24)28)19-10-16(7-8-26-19)29-17-11-20(25-3)21(13(2)23)27-12-17/h5-12,23,25H,4H2,1-3H3,(H2,24,28). The highest BCUT2D eigenvalue weighted by molar-refractivity contribution is 5.99. The lowest BCUT2D eigenvalue weighted by molar-refractivity contribution is 0.0999. The highest BCUT2D eigenvalue weighted by Gasteiger charge is 2.11. The average Bonchev–Trinajstić information content (AvgIpc) is 2.73. The quantitative estimate of drug-likeness (QED) is 0.528. The van der Waals surface area contributed by atoms with Crippen LogP contribution in [0.15, 0.2) is 48.8 Å². The number of ether oxygens (including phenoxy) is 1. The number of rotatable bonds is 7. The molecule has 1 amide bonds. The molecule has 3 aromatic rings. The number of nitrogens with one attached hydrogen (secondary N) is 2. The van der Waals surface area contributed by atoms with Gasteiger partial charge in [0.25, 0.3) is 0 Å². The van der Waals surface area contributed by atoms with E-state index in [9.17, 15) is 4.79 Å². The Morgan fingerprint density at radius 2 is 1.97 bits per heavy atom. The highest BCUT2D eigenvalue weighted by Crippen LogP contribution is 2.29. The van der Waals surface area contributed by atoms with Gasteiger partial charge in [0.2, 0.25) is 5.91 Å². The van der Waals surface area contributed by atoms with E-state index in [0.29, 0.717) is 34.9 Å². The van der Waals surface area contributed by atoms with E-state index in [1.54, 1.807) is 44.6 Å². The number of aryl methyl sites for hydroxylation is 1. The van der Waals surface area contributed by atoms with Gasteiger partial charge in [-0.15, -0.1) is 0 Å². The molecule has 0 aliphatic rings. The minimum atomic E-state index is -0.435. The molecule has 0 unspecified atom stereocenters. The molecule has 3 rings (SSSR count). The molecular formula is C22H23N5O2. The Morgan fingerprint density at radius 3 is 2.62 bits per heavy atom. The fraction of sp³-hybridized carbons (Fsp3) is 0.182. The monoisotopic (exact) mass is 389 g/mol. The molecule has 4 N–H and O–H groups in total. The van der Waals surface area contributed by atoms with Gasteiger partial charge in [-0.25, -0.2) is 4.98 Å². The number of benzene rings is 1. The van der Waals surface area contributed by atoms with Gasteiger partial charge in [0.1, 0.15) is 17.2 Å². The Bertz CT molecular complexity index is 1080. The first-order chi connectivity index (χ1) is 13.9. The van der Waals surface area contributed by atoms with Crippen molar-refractivity contribution in [2.24, 2.45) is 5.73 Å². The van der Waals surface area contributed by atoms with E-state index in [2.05, 4.69) is 15.3 Å². The normalized spacial score (nSPS) is 10.4. The maximum Gasteiger partial charge on any atom is 0.248 e. The molecule has 148 valence electrons. The van der Waals surface area contributed by atoms with Gasteiger partial charge in [-0.3, -0.25) is 9.78 Å². The summed E-state index contributed by atoms with van der Waals surface area (Å²) in [6, 6.07) is 10.9. The fourth-order valence-corrected chi connectivity index (χ4v) is 3.05. The van der Waals surface area contributed by atoms with Crippen LogP contribution in [-0.4, -0.2) is 28.6 Å². The van der Waals surface area contributed by atoms with Gasteiger partial charge >= 0.3 is 0 Å². The lowest BCUT2D eigenvalue weighted by atomic mass is 9.99. The third-order valence-corrected chi connectivity index (χ3v) is 4.50. The molecule has 0 bridgehead atoms. The number of hydrogen-bond donors (Lipinski definition) is 3. The summed E-state index contributed by atoms with van der Waals surface area (Å²) >= 11 is 0. The SMILES string of the molecule is CCc1cc(-c2cc(Oc3cnc(C(C)=N)c(NC)c3)ccn2)ccc1C(N)=O. The van der Waals surface area contributed by atoms with E-state index >= 15 is 0 Å². The Kier molecular flexibility index (Phi) is 5.87. The number of aromatic nitrogens is 2. The molecule has 7 heteroatoms. The van der Waals surface area contributed by atoms with Gasteiger partial charge in [0, 0.05) is 36.5 Å². The topological polar surface area (TPSA) is 114 Å². The van der Waals surface area contributed by atoms with Crippen molar-refractivity contribution >= 4 is 17.3 Å². The Balaban J connectivity index is 1.91. The van der Waals surface area contributed by atoms with E-state index in [-0.39, 0.29) is 0 Å². The van der Waals surface area contributed by atoms with Gasteiger partial charge in [-0.05, 0) is 37.1 Å². The Hall–Kier alpha value is -3.74. The molecule has 0 fully saturated rings. The fourth-order valence-electron chi connectivity index (χ4n) is 3.05. The van der Waals surface area contributed by atoms with Crippen LogP contribution in [0.1, 0.15) is 35.5 Å². The summed E-state index contributed by atoms with van der Waals surface area (Å²) in [5.41, 5.74) is 10.1. The Morgan fingerprint density at radius 1 is 1.17 bits per heavy atom. The van der Waals surface area contributed by atoms with Crippen LogP contribution in [0, 0.1) is 5.41 Å². The van der Waals surface area contributed by atoms with Crippen molar-refractivity contribution in [1.82, 2.24) is 9.97 Å². The van der Waals surface area contributed by atoms with Crippen LogP contribution in [0.4, 0.5) is 5.69 Å². The first kappa shape index (κ1) is 20.0. The van der Waals surface area contributed by atoms with Crippen molar-refractivity contribution in [3.8, 4) is 22.8 Å². The molecule has 0 atom stereocenters. The zero-order valence-corrected chi connectivity index (χ0v) is 16.6. The van der Waals surface area contributed by atoms with Crippen molar-refractivity contribution in [2.45, 2.75) is 20.3 Å². The predicted octanol–water partition coefficient (Wildman–Crippen LogP) is 4.03. The summed E-state index contributed by atoms with van der Waals surface area (Å²) in [6.07, 6.45) is 3.95. The van der Waals surface area contributed by atoms with Crippen LogP contribution >= 0.6 is 0 Å². The Labute approximate surface area is 169 Å². The molecular weight excluding hydrogens is 366 g/mol. The molecule has 0 aliphatic carbocycles. The van der Waals surface area contributed by atoms with Gasteiger partial charge in [0.15, 0.2) is 0 Å². The molecule has 0 aliphatic heterocycles. The van der Waals surface area contributed by atoms with E-state index in [4.69, 9.17) is 15.9 Å². The molecule has 2 aromatic heterocycles. The van der Waals surface area contributed by atoms with Crippen molar-refractivity contribution < 1.29 is 9.53 Å². The second-order valence-electron chi connectivity index (χ2n) is 6.51. The van der Waals surface area contributed by atoms with Crippen molar-refractivity contribution in [1.29, 1.82) is 5.41 Å². The minimum absolute atomic E-state index is 0.373. The highest BCUT2D eigenvalue weighted by atomic mass is 16.5. The summed E-state index contributed by atoms with van der Waals surface area (Å²) in [4.78, 5) is 20.3. The zero-order valence-electron chi connectivity index (χ0n) is 16.6. The second-order valence-corrected chi connectivity index (χ2v) is 6.51. The van der Waals surface area contributed by atoms with Gasteiger partial charge in [0.05, 0.1) is 23.3 Å². The number of primary amides is 1. The number of carbonyl (C=O) groups excluding carboxylic acids is 1. The van der Waals surface area contributed by atoms with Crippen molar-refractivity contribution in [3.63, 3.8) is 0 Å². The lowest BCUT2D eigenvalue weighted by Gasteiger charge is -2.12. The van der Waals surface area contributed by atoms with Crippen LogP contribution < -0.4 is 15.8 Å². The van der Waals surface area contributed by atoms with Crippen LogP contribution in [0.3, 0.4) is 0 Å². The van der Waals surface area contributed by atoms with E-state index in [1.807, 2.05) is 25.1 Å². The third-order valence-electron chi connectivity index (χ3n) is 4.50. The van der Waals surface area contributed by atoms with E-state index < -0.39 is 5.91 Å². The van der Waals surface area contributed by atoms with E-state index in [1.165, 1.54) is 0 Å². The number of amides is 1. The zero-order chi connectivity index (χ0) is 21.0. The predicted molar refractivity (Wildman–Crippen MR) is 114 cm³/mol. The molecule has 29 heavy (non-hydrogen) atoms. The molecule has 2 heterocycles. The molecule has 0 saturated heterocycles. The summed E-state index contributed by atoms with van der Waals surface area (Å²) in [5, 5.41) is 10.8. The van der Waals surface area contributed by atoms with Crippen LogP contribution in [0.2, 0.25) is 0 Å². The largest absolute Gasteiger partial charge is 0.456 e. The van der Waals surface area contributed by atoms with Crippen LogP contribution in [-0.2, 0) is 6.42 Å². The third kappa shape index (κ3) is 4.40. The smallest absolute Gasteiger partial charge is 0.248 e. The number of hydrogen-bond acceptors (Lipinski definition) is 6. The minimum Gasteiger partial charge on any atom is -0.456 e. The molecule has 0 spiro atoms. The van der Waals surface area contributed by atoms with E-state index in [0.717, 1.165) is 22.5 Å². The second kappa shape index (κ2) is 8.52. The summed E-state index contributed by atoms with van der Waals surface area (Å²) in [6.45, 7) is 3.66. The number of nitrogens with two attached hydrogens (primary N) is 1. The number of pyridine rings is 2. The first-order valence-electron chi connectivity index (χ1n) is 9.23. The number of carbonyl (C=O) groups is 1. The van der Waals surface area contributed by atoms with Crippen LogP contribution in [0.5, 0.6) is 11.5 Å². The number of anilines is 1. The average molecular weight is 389 g/mol. The van der Waals surface area contributed by atoms with Crippen LogP contribution in [0.25, 0.3) is 11.3 Å². The molecule has 1 aromatic carbocycles. The van der Waals surface area contributed by atoms with Gasteiger partial charge in [-0.1, -0.05) is 13.0 Å². The van der Waals surface area contributed by atoms with Crippen molar-refractivity contribution in [3.05, 3.63) is 65.6 Å². The van der Waals surface area contributed by atoms with Gasteiger partial charge < -0.3 is 21.2 Å². The van der Waals surface area contributed by atoms with Gasteiger partial charge in [-0.2, -0.15) is 0 Å². The maximum atomic E-state index is 11.6. The number of nitrogens with zero attached hydrogens (tertiary/aromatic N) is 2. The van der Waals surface area contributed by atoms with Crippen molar-refractivity contribution in [2.75, 3.05) is 12.4 Å². The summed E-state index contributed by atoms with van der Waals surface area (Å²) in [5.74, 6) is 0.722. The lowest BCUT2D eigenvalue weighted by Crippen LogP contribution is -2.13. The summed E-state index contributed by atoms with van der Waals surface area (Å²) in [7, 11) is 1.78. The molecule has 7 nitrogen and oxygen atoms in total. The first-order valence-corrected chi connectivity index (χ1v) is 9.23. The molecule has 0 radical (unpaired) electrons. The summed E-state index contributed by atoms with van der Waals surface area (Å²) < 4.78 is 5.95. The molecule has 0 saturated carbocycles. The maximum absolute atomic E-state index is 11.6.